The lowest BCUT2D eigenvalue weighted by Gasteiger charge is -2.11. The van der Waals surface area contributed by atoms with E-state index in [2.05, 4.69) is 21.7 Å². The van der Waals surface area contributed by atoms with E-state index in [1.54, 1.807) is 25.1 Å². The number of amides is 2. The van der Waals surface area contributed by atoms with Gasteiger partial charge in [0.15, 0.2) is 0 Å². The molecular formula is C18H14FIN4O2. The molecule has 6 nitrogen and oxygen atoms in total. The van der Waals surface area contributed by atoms with Crippen molar-refractivity contribution in [3.8, 4) is 6.07 Å². The Bertz CT molecular complexity index is 918. The molecule has 0 bridgehead atoms. The van der Waals surface area contributed by atoms with Crippen molar-refractivity contribution in [2.24, 2.45) is 5.92 Å². The minimum atomic E-state index is -1.08. The Morgan fingerprint density at radius 3 is 2.69 bits per heavy atom. The fourth-order valence-corrected chi connectivity index (χ4v) is 3.53. The maximum atomic E-state index is 12.9. The summed E-state index contributed by atoms with van der Waals surface area (Å²) in [7, 11) is 0. The number of aromatic nitrogens is 1. The number of pyridine rings is 1. The van der Waals surface area contributed by atoms with Gasteiger partial charge in [0.05, 0.1) is 23.1 Å². The number of carbonyl (C=O) groups is 2. The van der Waals surface area contributed by atoms with Crippen LogP contribution in [0.3, 0.4) is 0 Å². The molecule has 0 radical (unpaired) electrons. The summed E-state index contributed by atoms with van der Waals surface area (Å²) < 4.78 is 13.6. The number of aryl methyl sites for hydroxylation is 1. The van der Waals surface area contributed by atoms with Crippen molar-refractivity contribution in [2.75, 3.05) is 10.6 Å². The van der Waals surface area contributed by atoms with Crippen molar-refractivity contribution in [1.82, 2.24) is 4.98 Å². The first kappa shape index (κ1) is 18.3. The molecule has 2 N–H and O–H groups in total. The summed E-state index contributed by atoms with van der Waals surface area (Å²) in [6.07, 6.45) is 0.597. The Balaban J connectivity index is 1.75. The highest BCUT2D eigenvalue weighted by atomic mass is 127. The second-order valence-corrected chi connectivity index (χ2v) is 7.16. The molecule has 0 spiro atoms. The molecule has 26 heavy (non-hydrogen) atoms. The van der Waals surface area contributed by atoms with Gasteiger partial charge < -0.3 is 10.6 Å². The zero-order chi connectivity index (χ0) is 18.8. The quantitative estimate of drug-likeness (QED) is 0.679. The van der Waals surface area contributed by atoms with E-state index in [4.69, 9.17) is 5.26 Å². The summed E-state index contributed by atoms with van der Waals surface area (Å²) in [5, 5.41) is 14.3. The van der Waals surface area contributed by atoms with Gasteiger partial charge in [0, 0.05) is 21.5 Å². The summed E-state index contributed by atoms with van der Waals surface area (Å²) in [4.78, 5) is 28.4. The number of halogens is 2. The fraction of sp³-hybridized carbons (Fsp3) is 0.222. The number of nitrogens with zero attached hydrogens (tertiary/aromatic N) is 2. The third kappa shape index (κ3) is 3.99. The molecule has 1 aromatic heterocycles. The first-order valence-electron chi connectivity index (χ1n) is 7.81. The van der Waals surface area contributed by atoms with Crippen LogP contribution >= 0.6 is 22.6 Å². The third-order valence-corrected chi connectivity index (χ3v) is 4.81. The first-order chi connectivity index (χ1) is 12.4. The highest BCUT2D eigenvalue weighted by molar-refractivity contribution is 14.1. The van der Waals surface area contributed by atoms with Crippen molar-refractivity contribution < 1.29 is 14.0 Å². The van der Waals surface area contributed by atoms with Crippen LogP contribution < -0.4 is 10.6 Å². The number of nitrogens with one attached hydrogen (secondary N) is 2. The van der Waals surface area contributed by atoms with E-state index < -0.39 is 18.0 Å². The van der Waals surface area contributed by atoms with Crippen LogP contribution in [-0.2, 0) is 4.79 Å². The lowest BCUT2D eigenvalue weighted by molar-refractivity contribution is -0.117. The number of hydrogen-bond acceptors (Lipinski definition) is 4. The lowest BCUT2D eigenvalue weighted by atomic mass is 10.0. The topological polar surface area (TPSA) is 94.9 Å². The number of nitriles is 1. The Labute approximate surface area is 162 Å². The minimum Gasteiger partial charge on any atom is -0.322 e. The molecule has 2 aromatic rings. The van der Waals surface area contributed by atoms with Crippen molar-refractivity contribution in [2.45, 2.75) is 19.5 Å². The van der Waals surface area contributed by atoms with Gasteiger partial charge in [-0.2, -0.15) is 5.26 Å². The molecule has 0 saturated heterocycles. The number of benzene rings is 1. The van der Waals surface area contributed by atoms with E-state index in [9.17, 15) is 14.0 Å². The predicted molar refractivity (Wildman–Crippen MR) is 102 cm³/mol. The molecule has 8 heteroatoms. The molecule has 1 aliphatic rings. The van der Waals surface area contributed by atoms with Gasteiger partial charge in [-0.15, -0.1) is 0 Å². The van der Waals surface area contributed by atoms with Crippen LogP contribution in [0.25, 0.3) is 0 Å². The van der Waals surface area contributed by atoms with Gasteiger partial charge in [0.1, 0.15) is 12.0 Å². The van der Waals surface area contributed by atoms with Crippen LogP contribution in [0.5, 0.6) is 0 Å². The molecule has 1 aromatic carbocycles. The van der Waals surface area contributed by atoms with Crippen LogP contribution in [0.15, 0.2) is 30.5 Å². The van der Waals surface area contributed by atoms with Crippen LogP contribution in [0, 0.1) is 27.7 Å². The van der Waals surface area contributed by atoms with Gasteiger partial charge in [-0.25, -0.2) is 9.37 Å². The summed E-state index contributed by atoms with van der Waals surface area (Å²) in [6.45, 7) is 1.76. The normalized spacial score (nSPS) is 17.9. The molecule has 1 heterocycles. The molecule has 1 aliphatic carbocycles. The molecule has 1 fully saturated rings. The molecule has 0 unspecified atom stereocenters. The van der Waals surface area contributed by atoms with Gasteiger partial charge in [-0.3, -0.25) is 9.59 Å². The summed E-state index contributed by atoms with van der Waals surface area (Å²) in [5.41, 5.74) is 2.11. The van der Waals surface area contributed by atoms with Crippen molar-refractivity contribution in [1.29, 1.82) is 5.26 Å². The van der Waals surface area contributed by atoms with E-state index in [-0.39, 0.29) is 18.1 Å². The molecule has 3 rings (SSSR count). The van der Waals surface area contributed by atoms with Crippen molar-refractivity contribution in [3.05, 3.63) is 50.7 Å². The lowest BCUT2D eigenvalue weighted by Crippen LogP contribution is -2.17. The Kier molecular flexibility index (Phi) is 5.18. The van der Waals surface area contributed by atoms with Crippen LogP contribution in [0.4, 0.5) is 15.9 Å². The minimum absolute atomic E-state index is 0.235. The Hall–Kier alpha value is -2.54. The molecule has 0 aliphatic heterocycles. The Morgan fingerprint density at radius 1 is 1.35 bits per heavy atom. The maximum absolute atomic E-state index is 12.9. The van der Waals surface area contributed by atoms with Crippen LogP contribution in [-0.4, -0.2) is 23.0 Å². The maximum Gasteiger partial charge on any atom is 0.257 e. The van der Waals surface area contributed by atoms with E-state index in [0.717, 1.165) is 0 Å². The summed E-state index contributed by atoms with van der Waals surface area (Å²) >= 11 is 2.01. The molecule has 132 valence electrons. The third-order valence-electron chi connectivity index (χ3n) is 3.96. The number of hydrogen-bond donors (Lipinski definition) is 2. The number of rotatable bonds is 4. The number of anilines is 2. The van der Waals surface area contributed by atoms with Gasteiger partial charge in [0.25, 0.3) is 5.91 Å². The standard InChI is InChI=1S/C18H14FIN4O2/c1-9-4-10(8-21)5-14(20)16(9)18(26)23-11-2-3-22-15(6-11)24-17(25)12-7-13(12)19/h2-6,12-13H,7H2,1H3,(H2,22,23,24,25,26)/t12-,13+/m1/s1. The van der Waals surface area contributed by atoms with Crippen molar-refractivity contribution in [3.63, 3.8) is 0 Å². The van der Waals surface area contributed by atoms with E-state index >= 15 is 0 Å². The number of alkyl halides is 1. The highest BCUT2D eigenvalue weighted by Gasteiger charge is 2.43. The number of carbonyl (C=O) groups excluding carboxylic acids is 2. The highest BCUT2D eigenvalue weighted by Crippen LogP contribution is 2.34. The largest absolute Gasteiger partial charge is 0.322 e. The molecule has 2 atom stereocenters. The fourth-order valence-electron chi connectivity index (χ4n) is 2.52. The van der Waals surface area contributed by atoms with Crippen LogP contribution in [0.2, 0.25) is 0 Å². The smallest absolute Gasteiger partial charge is 0.257 e. The second kappa shape index (κ2) is 7.37. The van der Waals surface area contributed by atoms with Gasteiger partial charge >= 0.3 is 0 Å². The molecule has 1 saturated carbocycles. The van der Waals surface area contributed by atoms with Crippen molar-refractivity contribution >= 4 is 45.9 Å². The van der Waals surface area contributed by atoms with Gasteiger partial charge in [0.2, 0.25) is 5.91 Å². The summed E-state index contributed by atoms with van der Waals surface area (Å²) in [6, 6.07) is 8.45. The first-order valence-corrected chi connectivity index (χ1v) is 8.89. The van der Waals surface area contributed by atoms with Gasteiger partial charge in [-0.1, -0.05) is 0 Å². The van der Waals surface area contributed by atoms with Crippen LogP contribution in [0.1, 0.15) is 27.9 Å². The second-order valence-electron chi connectivity index (χ2n) is 5.99. The monoisotopic (exact) mass is 464 g/mol. The van der Waals surface area contributed by atoms with E-state index in [1.165, 1.54) is 12.3 Å². The zero-order valence-electron chi connectivity index (χ0n) is 13.7. The van der Waals surface area contributed by atoms with E-state index in [1.807, 2.05) is 22.6 Å². The zero-order valence-corrected chi connectivity index (χ0v) is 15.9. The molecular weight excluding hydrogens is 450 g/mol. The predicted octanol–water partition coefficient (Wildman–Crippen LogP) is 3.42. The van der Waals surface area contributed by atoms with E-state index in [0.29, 0.717) is 25.9 Å². The SMILES string of the molecule is Cc1cc(C#N)cc(I)c1C(=O)Nc1ccnc(NC(=O)[C@@H]2C[C@@H]2F)c1. The Morgan fingerprint density at radius 2 is 2.08 bits per heavy atom. The molecule has 2 amide bonds. The average molecular weight is 464 g/mol. The summed E-state index contributed by atoms with van der Waals surface area (Å²) in [5.74, 6) is -1.10. The van der Waals surface area contributed by atoms with Gasteiger partial charge in [-0.05, 0) is 59.7 Å². The average Bonchev–Trinajstić information content (AvgIpc) is 3.31.